The molecule has 0 aliphatic rings. The molecule has 2 aromatic rings. The van der Waals surface area contributed by atoms with E-state index in [4.69, 9.17) is 5.26 Å². The van der Waals surface area contributed by atoms with Crippen LogP contribution in [0.1, 0.15) is 19.4 Å². The molecular formula is C12H13N5. The first-order valence-corrected chi connectivity index (χ1v) is 5.29. The Labute approximate surface area is 99.7 Å². The average molecular weight is 227 g/mol. The van der Waals surface area contributed by atoms with Crippen molar-refractivity contribution < 1.29 is 0 Å². The largest absolute Gasteiger partial charge is 0.229 e. The van der Waals surface area contributed by atoms with Crippen LogP contribution in [0.15, 0.2) is 24.3 Å². The van der Waals surface area contributed by atoms with Crippen molar-refractivity contribution in [3.05, 3.63) is 29.8 Å². The molecule has 1 heterocycles. The van der Waals surface area contributed by atoms with Gasteiger partial charge in [0.1, 0.15) is 0 Å². The Kier molecular flexibility index (Phi) is 2.64. The Balaban J connectivity index is 2.38. The zero-order chi connectivity index (χ0) is 12.5. The van der Waals surface area contributed by atoms with Gasteiger partial charge in [-0.3, -0.25) is 0 Å². The van der Waals surface area contributed by atoms with Crippen molar-refractivity contribution in [2.75, 3.05) is 0 Å². The van der Waals surface area contributed by atoms with E-state index in [0.717, 1.165) is 11.1 Å². The van der Waals surface area contributed by atoms with Crippen LogP contribution in [0.4, 0.5) is 0 Å². The van der Waals surface area contributed by atoms with E-state index in [1.54, 1.807) is 11.7 Å². The van der Waals surface area contributed by atoms with E-state index in [2.05, 4.69) is 21.6 Å². The zero-order valence-corrected chi connectivity index (χ0v) is 10.0. The summed E-state index contributed by atoms with van der Waals surface area (Å²) in [5.41, 5.74) is 1.45. The number of hydrogen-bond acceptors (Lipinski definition) is 4. The molecule has 5 heteroatoms. The first-order valence-electron chi connectivity index (χ1n) is 5.29. The van der Waals surface area contributed by atoms with Crippen LogP contribution < -0.4 is 0 Å². The summed E-state index contributed by atoms with van der Waals surface area (Å²) < 4.78 is 1.62. The Morgan fingerprint density at radius 2 is 1.88 bits per heavy atom. The predicted molar refractivity (Wildman–Crippen MR) is 62.9 cm³/mol. The van der Waals surface area contributed by atoms with Crippen LogP contribution in [-0.4, -0.2) is 20.2 Å². The maximum atomic E-state index is 9.06. The number of aromatic nitrogens is 4. The van der Waals surface area contributed by atoms with E-state index in [1.807, 2.05) is 38.1 Å². The quantitative estimate of drug-likeness (QED) is 0.782. The van der Waals surface area contributed by atoms with Crippen molar-refractivity contribution in [1.29, 1.82) is 5.26 Å². The maximum absolute atomic E-state index is 9.06. The van der Waals surface area contributed by atoms with E-state index < -0.39 is 5.41 Å². The third kappa shape index (κ3) is 2.02. The third-order valence-electron chi connectivity index (χ3n) is 2.76. The molecule has 0 N–H and O–H groups in total. The molecule has 0 spiro atoms. The number of nitrogens with zero attached hydrogens (tertiary/aromatic N) is 5. The second kappa shape index (κ2) is 3.98. The zero-order valence-electron chi connectivity index (χ0n) is 10.0. The second-order valence-corrected chi connectivity index (χ2v) is 4.44. The summed E-state index contributed by atoms with van der Waals surface area (Å²) >= 11 is 0. The van der Waals surface area contributed by atoms with Gasteiger partial charge in [-0.25, -0.2) is 4.68 Å². The van der Waals surface area contributed by atoms with Gasteiger partial charge in [0, 0.05) is 12.6 Å². The summed E-state index contributed by atoms with van der Waals surface area (Å²) in [5.74, 6) is 0.714. The predicted octanol–water partition coefficient (Wildman–Crippen LogP) is 1.68. The highest BCUT2D eigenvalue weighted by molar-refractivity contribution is 5.55. The lowest BCUT2D eigenvalue weighted by molar-refractivity contribution is 0.687. The smallest absolute Gasteiger partial charge is 0.181 e. The lowest BCUT2D eigenvalue weighted by Gasteiger charge is -2.15. The van der Waals surface area contributed by atoms with E-state index in [1.165, 1.54) is 0 Å². The minimum Gasteiger partial charge on any atom is -0.229 e. The van der Waals surface area contributed by atoms with Crippen LogP contribution in [0, 0.1) is 11.3 Å². The molecule has 86 valence electrons. The Bertz CT molecular complexity index is 559. The SMILES string of the molecule is Cn1nnnc1-c1ccc(C(C)(C)C#N)cc1. The van der Waals surface area contributed by atoms with Crippen LogP contribution >= 0.6 is 0 Å². The molecule has 5 nitrogen and oxygen atoms in total. The Morgan fingerprint density at radius 3 is 2.35 bits per heavy atom. The molecule has 0 bridgehead atoms. The number of tetrazole rings is 1. The van der Waals surface area contributed by atoms with E-state index in [9.17, 15) is 0 Å². The summed E-state index contributed by atoms with van der Waals surface area (Å²) in [6.45, 7) is 3.79. The molecule has 0 radical (unpaired) electrons. The lowest BCUT2D eigenvalue weighted by atomic mass is 9.86. The summed E-state index contributed by atoms with van der Waals surface area (Å²) in [7, 11) is 1.79. The molecule has 0 unspecified atom stereocenters. The fourth-order valence-electron chi connectivity index (χ4n) is 1.57. The molecule has 0 aliphatic carbocycles. The Morgan fingerprint density at radius 1 is 1.24 bits per heavy atom. The molecule has 0 atom stereocenters. The molecule has 0 aliphatic heterocycles. The first-order chi connectivity index (χ1) is 8.04. The normalized spacial score (nSPS) is 11.2. The fourth-order valence-corrected chi connectivity index (χ4v) is 1.57. The van der Waals surface area contributed by atoms with Crippen LogP contribution in [-0.2, 0) is 12.5 Å². The summed E-state index contributed by atoms with van der Waals surface area (Å²) in [6.07, 6.45) is 0. The maximum Gasteiger partial charge on any atom is 0.181 e. The molecule has 1 aromatic carbocycles. The van der Waals surface area contributed by atoms with Crippen LogP contribution in [0.2, 0.25) is 0 Å². The van der Waals surface area contributed by atoms with Gasteiger partial charge in [-0.15, -0.1) is 5.10 Å². The van der Waals surface area contributed by atoms with Gasteiger partial charge in [0.2, 0.25) is 0 Å². The minimum atomic E-state index is -0.476. The van der Waals surface area contributed by atoms with Gasteiger partial charge in [0.15, 0.2) is 5.82 Å². The molecule has 0 saturated carbocycles. The van der Waals surface area contributed by atoms with Crippen molar-refractivity contribution in [3.63, 3.8) is 0 Å². The van der Waals surface area contributed by atoms with E-state index >= 15 is 0 Å². The van der Waals surface area contributed by atoms with Crippen molar-refractivity contribution >= 4 is 0 Å². The summed E-state index contributed by atoms with van der Waals surface area (Å²) in [6, 6.07) is 10.0. The number of nitriles is 1. The van der Waals surface area contributed by atoms with Gasteiger partial charge >= 0.3 is 0 Å². The molecule has 2 rings (SSSR count). The first kappa shape index (κ1) is 11.3. The topological polar surface area (TPSA) is 67.4 Å². The van der Waals surface area contributed by atoms with E-state index in [0.29, 0.717) is 5.82 Å². The van der Waals surface area contributed by atoms with Gasteiger partial charge in [-0.05, 0) is 29.8 Å². The van der Waals surface area contributed by atoms with Crippen molar-refractivity contribution in [1.82, 2.24) is 20.2 Å². The van der Waals surface area contributed by atoms with Crippen LogP contribution in [0.3, 0.4) is 0 Å². The summed E-state index contributed by atoms with van der Waals surface area (Å²) in [5, 5.41) is 20.4. The Hall–Kier alpha value is -2.22. The number of benzene rings is 1. The van der Waals surface area contributed by atoms with Crippen molar-refractivity contribution in [2.45, 2.75) is 19.3 Å². The molecule has 17 heavy (non-hydrogen) atoms. The second-order valence-electron chi connectivity index (χ2n) is 4.44. The lowest BCUT2D eigenvalue weighted by Crippen LogP contribution is -2.13. The number of aryl methyl sites for hydroxylation is 1. The van der Waals surface area contributed by atoms with Gasteiger partial charge in [-0.2, -0.15) is 5.26 Å². The van der Waals surface area contributed by atoms with Crippen LogP contribution in [0.5, 0.6) is 0 Å². The highest BCUT2D eigenvalue weighted by Gasteiger charge is 2.19. The molecule has 0 fully saturated rings. The van der Waals surface area contributed by atoms with Gasteiger partial charge < -0.3 is 0 Å². The standard InChI is InChI=1S/C12H13N5/c1-12(2,8-13)10-6-4-9(5-7-10)11-14-15-16-17(11)3/h4-7H,1-3H3. The van der Waals surface area contributed by atoms with Crippen molar-refractivity contribution in [3.8, 4) is 17.5 Å². The molecule has 0 saturated heterocycles. The van der Waals surface area contributed by atoms with Crippen molar-refractivity contribution in [2.24, 2.45) is 7.05 Å². The third-order valence-corrected chi connectivity index (χ3v) is 2.76. The highest BCUT2D eigenvalue weighted by atomic mass is 15.5. The minimum absolute atomic E-state index is 0.476. The monoisotopic (exact) mass is 227 g/mol. The van der Waals surface area contributed by atoms with Gasteiger partial charge in [0.05, 0.1) is 11.5 Å². The van der Waals surface area contributed by atoms with E-state index in [-0.39, 0.29) is 0 Å². The van der Waals surface area contributed by atoms with Gasteiger partial charge in [-0.1, -0.05) is 24.3 Å². The average Bonchev–Trinajstić information content (AvgIpc) is 2.76. The van der Waals surface area contributed by atoms with Gasteiger partial charge in [0.25, 0.3) is 0 Å². The number of hydrogen-bond donors (Lipinski definition) is 0. The highest BCUT2D eigenvalue weighted by Crippen LogP contribution is 2.24. The molecule has 1 aromatic heterocycles. The fraction of sp³-hybridized carbons (Fsp3) is 0.333. The number of rotatable bonds is 2. The molecular weight excluding hydrogens is 214 g/mol. The van der Waals surface area contributed by atoms with Crippen LogP contribution in [0.25, 0.3) is 11.4 Å². The molecule has 0 amide bonds. The summed E-state index contributed by atoms with van der Waals surface area (Å²) in [4.78, 5) is 0.